The minimum Gasteiger partial charge on any atom is -0.447 e. The summed E-state index contributed by atoms with van der Waals surface area (Å²) in [4.78, 5) is 31.5. The Morgan fingerprint density at radius 3 is 2.33 bits per heavy atom. The van der Waals surface area contributed by atoms with E-state index in [-0.39, 0.29) is 33.5 Å². The van der Waals surface area contributed by atoms with Gasteiger partial charge in [-0.15, -0.1) is 10.2 Å². The van der Waals surface area contributed by atoms with Crippen molar-refractivity contribution in [1.82, 2.24) is 34.8 Å². The number of carbonyl (C=O) groups excluding carboxylic acids is 2. The summed E-state index contributed by atoms with van der Waals surface area (Å²) < 4.78 is 86.4. The standard InChI is InChI=1S/C29H28ClF6N9O3/c1-29(2,24(31)32)41-28(47)48-13-21(17-8-9-20(30)19(10-17)22-42-39-14-43(22)25(33)34)45(27(37)38-3)23(46)16-6-4-15(5-7-16)18-11-40-44(12-18)26(35)36/h4-12,14,21,24-26H,13H2,1-3H3,(H2,37,38)(H,41,47)/t21-/m1/s1. The Morgan fingerprint density at radius 2 is 1.75 bits per heavy atom. The lowest BCUT2D eigenvalue weighted by Crippen LogP contribution is -2.50. The maximum absolute atomic E-state index is 14.0. The van der Waals surface area contributed by atoms with Gasteiger partial charge in [-0.1, -0.05) is 29.8 Å². The number of guanidine groups is 1. The summed E-state index contributed by atoms with van der Waals surface area (Å²) in [5, 5.41) is 12.9. The predicted octanol–water partition coefficient (Wildman–Crippen LogP) is 6.15. The number of nitrogens with zero attached hydrogens (tertiary/aromatic N) is 7. The third-order valence-electron chi connectivity index (χ3n) is 7.01. The smallest absolute Gasteiger partial charge is 0.407 e. The zero-order chi connectivity index (χ0) is 35.3. The number of amides is 2. The van der Waals surface area contributed by atoms with Gasteiger partial charge in [0, 0.05) is 29.9 Å². The van der Waals surface area contributed by atoms with E-state index in [0.717, 1.165) is 31.3 Å². The van der Waals surface area contributed by atoms with Gasteiger partial charge in [-0.3, -0.25) is 19.3 Å². The molecule has 0 saturated carbocycles. The number of hydrogen-bond acceptors (Lipinski definition) is 7. The van der Waals surface area contributed by atoms with E-state index >= 15 is 0 Å². The molecule has 0 fully saturated rings. The number of carbonyl (C=O) groups is 2. The molecule has 48 heavy (non-hydrogen) atoms. The molecule has 0 unspecified atom stereocenters. The summed E-state index contributed by atoms with van der Waals surface area (Å²) in [6, 6.07) is 8.37. The number of ether oxygens (including phenoxy) is 1. The van der Waals surface area contributed by atoms with Crippen LogP contribution in [0.25, 0.3) is 22.5 Å². The second-order valence-electron chi connectivity index (χ2n) is 10.7. The normalized spacial score (nSPS) is 12.9. The van der Waals surface area contributed by atoms with Crippen LogP contribution in [0.2, 0.25) is 5.02 Å². The summed E-state index contributed by atoms with van der Waals surface area (Å²) in [7, 11) is 1.27. The van der Waals surface area contributed by atoms with Crippen LogP contribution in [-0.2, 0) is 4.74 Å². The quantitative estimate of drug-likeness (QED) is 0.109. The number of aliphatic imine (C=N–C) groups is 1. The Balaban J connectivity index is 1.76. The third-order valence-corrected chi connectivity index (χ3v) is 7.34. The summed E-state index contributed by atoms with van der Waals surface area (Å²) in [6.07, 6.45) is -1.09. The molecule has 0 spiro atoms. The maximum atomic E-state index is 14.0. The van der Waals surface area contributed by atoms with Crippen LogP contribution in [0.5, 0.6) is 0 Å². The minimum atomic E-state index is -3.04. The van der Waals surface area contributed by atoms with Crippen molar-refractivity contribution in [1.29, 1.82) is 0 Å². The van der Waals surface area contributed by atoms with Gasteiger partial charge in [0.25, 0.3) is 12.3 Å². The van der Waals surface area contributed by atoms with Crippen molar-refractivity contribution in [2.45, 2.75) is 45.0 Å². The number of nitrogens with two attached hydrogens (primary N) is 1. The van der Waals surface area contributed by atoms with Crippen LogP contribution in [0.1, 0.15) is 48.9 Å². The van der Waals surface area contributed by atoms with Crippen molar-refractivity contribution in [3.05, 3.63) is 77.3 Å². The molecular formula is C29H28ClF6N9O3. The van der Waals surface area contributed by atoms with E-state index in [1.165, 1.54) is 55.7 Å². The van der Waals surface area contributed by atoms with Gasteiger partial charge in [0.05, 0.1) is 22.8 Å². The van der Waals surface area contributed by atoms with E-state index in [1.807, 2.05) is 5.32 Å². The Kier molecular flexibility index (Phi) is 11.0. The fraction of sp³-hybridized carbons (Fsp3) is 0.310. The third kappa shape index (κ3) is 7.87. The van der Waals surface area contributed by atoms with E-state index in [2.05, 4.69) is 20.3 Å². The van der Waals surface area contributed by atoms with Crippen LogP contribution in [0.15, 0.2) is 66.2 Å². The zero-order valence-electron chi connectivity index (χ0n) is 25.4. The molecule has 1 atom stereocenters. The average molecular weight is 700 g/mol. The molecule has 3 N–H and O–H groups in total. The Bertz CT molecular complexity index is 1780. The SMILES string of the molecule is CN=C(N)N(C(=O)c1ccc(-c2cnn(C(F)F)c2)cc1)[C@H](COC(=O)NC(C)(C)C(F)F)c1ccc(Cl)c(-c2nncn2C(F)F)c1. The van der Waals surface area contributed by atoms with Gasteiger partial charge >= 0.3 is 19.2 Å². The van der Waals surface area contributed by atoms with Crippen molar-refractivity contribution in [2.24, 2.45) is 10.7 Å². The first kappa shape index (κ1) is 35.7. The first-order valence-electron chi connectivity index (χ1n) is 13.8. The Labute approximate surface area is 274 Å². The average Bonchev–Trinajstić information content (AvgIpc) is 3.74. The lowest BCUT2D eigenvalue weighted by Gasteiger charge is -2.32. The number of hydrogen-bond donors (Lipinski definition) is 2. The summed E-state index contributed by atoms with van der Waals surface area (Å²) >= 11 is 6.34. The topological polar surface area (TPSA) is 146 Å². The molecule has 2 heterocycles. The van der Waals surface area contributed by atoms with Gasteiger partial charge in [-0.05, 0) is 49.2 Å². The number of alkyl carbamates (subject to hydrolysis) is 1. The first-order chi connectivity index (χ1) is 22.6. The van der Waals surface area contributed by atoms with Crippen molar-refractivity contribution in [3.8, 4) is 22.5 Å². The monoisotopic (exact) mass is 699 g/mol. The fourth-order valence-corrected chi connectivity index (χ4v) is 4.58. The predicted molar refractivity (Wildman–Crippen MR) is 162 cm³/mol. The van der Waals surface area contributed by atoms with E-state index in [1.54, 1.807) is 0 Å². The number of rotatable bonds is 11. The van der Waals surface area contributed by atoms with Crippen LogP contribution in [0.4, 0.5) is 31.1 Å². The van der Waals surface area contributed by atoms with Crippen LogP contribution in [0, 0.1) is 0 Å². The van der Waals surface area contributed by atoms with E-state index in [0.29, 0.717) is 20.4 Å². The largest absolute Gasteiger partial charge is 0.447 e. The van der Waals surface area contributed by atoms with E-state index in [4.69, 9.17) is 22.1 Å². The lowest BCUT2D eigenvalue weighted by molar-refractivity contribution is 0.0404. The lowest BCUT2D eigenvalue weighted by atomic mass is 10.0. The highest BCUT2D eigenvalue weighted by atomic mass is 35.5. The molecular weight excluding hydrogens is 672 g/mol. The molecule has 0 aliphatic heterocycles. The van der Waals surface area contributed by atoms with E-state index in [9.17, 15) is 35.9 Å². The molecule has 12 nitrogen and oxygen atoms in total. The number of aromatic nitrogens is 5. The van der Waals surface area contributed by atoms with Gasteiger partial charge in [0.2, 0.25) is 0 Å². The molecule has 0 radical (unpaired) electrons. The zero-order valence-corrected chi connectivity index (χ0v) is 26.1. The Morgan fingerprint density at radius 1 is 1.06 bits per heavy atom. The molecule has 19 heteroatoms. The summed E-state index contributed by atoms with van der Waals surface area (Å²) in [5.74, 6) is -1.49. The molecule has 4 rings (SSSR count). The molecule has 2 amide bonds. The highest BCUT2D eigenvalue weighted by Gasteiger charge is 2.34. The van der Waals surface area contributed by atoms with Gasteiger partial charge < -0.3 is 15.8 Å². The van der Waals surface area contributed by atoms with Crippen molar-refractivity contribution in [2.75, 3.05) is 13.7 Å². The highest BCUT2D eigenvalue weighted by molar-refractivity contribution is 6.33. The van der Waals surface area contributed by atoms with Crippen LogP contribution in [-0.4, -0.2) is 73.0 Å². The van der Waals surface area contributed by atoms with Gasteiger partial charge in [0.1, 0.15) is 12.9 Å². The molecule has 0 saturated heterocycles. The van der Waals surface area contributed by atoms with Crippen molar-refractivity contribution >= 4 is 29.6 Å². The Hall–Kier alpha value is -5.13. The second kappa shape index (κ2) is 14.7. The molecule has 0 aliphatic rings. The van der Waals surface area contributed by atoms with Crippen molar-refractivity contribution < 1.29 is 40.7 Å². The van der Waals surface area contributed by atoms with E-state index < -0.39 is 49.7 Å². The van der Waals surface area contributed by atoms with Crippen LogP contribution >= 0.6 is 11.6 Å². The van der Waals surface area contributed by atoms with Gasteiger partial charge in [-0.2, -0.15) is 22.7 Å². The highest BCUT2D eigenvalue weighted by Crippen LogP contribution is 2.34. The molecule has 0 aliphatic carbocycles. The van der Waals surface area contributed by atoms with Crippen molar-refractivity contribution in [3.63, 3.8) is 0 Å². The molecule has 0 bridgehead atoms. The fourth-order valence-electron chi connectivity index (χ4n) is 4.38. The van der Waals surface area contributed by atoms with Gasteiger partial charge in [-0.25, -0.2) is 18.3 Å². The molecule has 2 aromatic carbocycles. The molecule has 4 aromatic rings. The number of benzene rings is 2. The summed E-state index contributed by atoms with van der Waals surface area (Å²) in [5.41, 5.74) is 5.12. The van der Waals surface area contributed by atoms with Crippen LogP contribution < -0.4 is 11.1 Å². The van der Waals surface area contributed by atoms with Gasteiger partial charge in [0.15, 0.2) is 11.8 Å². The summed E-state index contributed by atoms with van der Waals surface area (Å²) in [6.45, 7) is -4.45. The number of nitrogens with one attached hydrogen (secondary N) is 1. The maximum Gasteiger partial charge on any atom is 0.407 e. The molecule has 2 aromatic heterocycles. The number of alkyl halides is 6. The first-order valence-corrected chi connectivity index (χ1v) is 14.2. The van der Waals surface area contributed by atoms with Crippen LogP contribution in [0.3, 0.4) is 0 Å². The second-order valence-corrected chi connectivity index (χ2v) is 11.1. The molecule has 256 valence electrons. The minimum absolute atomic E-state index is 0.0199. The number of halogens is 7.